The fourth-order valence-electron chi connectivity index (χ4n) is 3.29. The molecule has 0 bridgehead atoms. The molecule has 1 N–H and O–H groups in total. The Balaban J connectivity index is 1.93. The van der Waals surface area contributed by atoms with E-state index in [4.69, 9.17) is 0 Å². The minimum Gasteiger partial charge on any atom is -0.391 e. The highest BCUT2D eigenvalue weighted by atomic mass is 16.3. The molecule has 1 saturated carbocycles. The second-order valence-electron chi connectivity index (χ2n) is 6.47. The number of hydrogen-bond acceptors (Lipinski definition) is 2. The van der Waals surface area contributed by atoms with Crippen molar-refractivity contribution in [1.29, 1.82) is 0 Å². The average Bonchev–Trinajstić information content (AvgIpc) is 2.40. The number of aliphatic hydroxyl groups is 1. The normalized spacial score (nSPS) is 36.9. The van der Waals surface area contributed by atoms with Gasteiger partial charge in [0.05, 0.1) is 6.10 Å². The molecule has 2 heteroatoms. The van der Waals surface area contributed by atoms with Gasteiger partial charge in [-0.3, -0.25) is 4.90 Å². The first-order chi connectivity index (χ1) is 7.58. The Bertz CT molecular complexity index is 227. The van der Waals surface area contributed by atoms with Crippen LogP contribution in [0.4, 0.5) is 0 Å². The summed E-state index contributed by atoms with van der Waals surface area (Å²) in [4.78, 5) is 2.57. The van der Waals surface area contributed by atoms with Gasteiger partial charge in [-0.05, 0) is 50.6 Å². The fraction of sp³-hybridized carbons (Fsp3) is 1.00. The second kappa shape index (κ2) is 5.05. The number of rotatable bonds is 1. The maximum absolute atomic E-state index is 10.1. The molecule has 16 heavy (non-hydrogen) atoms. The van der Waals surface area contributed by atoms with Crippen molar-refractivity contribution >= 4 is 0 Å². The van der Waals surface area contributed by atoms with Crippen LogP contribution in [0.25, 0.3) is 0 Å². The first-order valence-electron chi connectivity index (χ1n) is 7.01. The van der Waals surface area contributed by atoms with Gasteiger partial charge in [-0.1, -0.05) is 26.7 Å². The quantitative estimate of drug-likeness (QED) is 0.742. The monoisotopic (exact) mass is 225 g/mol. The molecule has 0 aromatic carbocycles. The lowest BCUT2D eigenvalue weighted by molar-refractivity contribution is 0.0202. The van der Waals surface area contributed by atoms with Crippen LogP contribution in [0.3, 0.4) is 0 Å². The summed E-state index contributed by atoms with van der Waals surface area (Å²) in [5.41, 5.74) is 0.508. The zero-order valence-electron chi connectivity index (χ0n) is 10.9. The van der Waals surface area contributed by atoms with Crippen LogP contribution >= 0.6 is 0 Å². The Morgan fingerprint density at radius 3 is 2.50 bits per heavy atom. The largest absolute Gasteiger partial charge is 0.391 e. The second-order valence-corrected chi connectivity index (χ2v) is 6.47. The van der Waals surface area contributed by atoms with Crippen molar-refractivity contribution in [2.45, 2.75) is 70.9 Å². The van der Waals surface area contributed by atoms with Crippen LogP contribution in [-0.2, 0) is 0 Å². The molecule has 1 heterocycles. The maximum Gasteiger partial charge on any atom is 0.0695 e. The van der Waals surface area contributed by atoms with E-state index < -0.39 is 0 Å². The number of hydrogen-bond donors (Lipinski definition) is 1. The van der Waals surface area contributed by atoms with Gasteiger partial charge >= 0.3 is 0 Å². The molecule has 2 fully saturated rings. The van der Waals surface area contributed by atoms with Gasteiger partial charge in [0.25, 0.3) is 0 Å². The van der Waals surface area contributed by atoms with Crippen molar-refractivity contribution in [2.24, 2.45) is 5.41 Å². The molecule has 1 aliphatic carbocycles. The van der Waals surface area contributed by atoms with Crippen molar-refractivity contribution in [3.05, 3.63) is 0 Å². The zero-order valence-corrected chi connectivity index (χ0v) is 10.9. The van der Waals surface area contributed by atoms with Crippen molar-refractivity contribution < 1.29 is 5.11 Å². The molecule has 2 aliphatic rings. The Hall–Kier alpha value is -0.0800. The van der Waals surface area contributed by atoms with E-state index in [1.807, 2.05) is 0 Å². The van der Waals surface area contributed by atoms with E-state index in [1.54, 1.807) is 0 Å². The predicted molar refractivity (Wildman–Crippen MR) is 67.5 cm³/mol. The summed E-state index contributed by atoms with van der Waals surface area (Å²) < 4.78 is 0. The van der Waals surface area contributed by atoms with Crippen molar-refractivity contribution in [3.8, 4) is 0 Å². The van der Waals surface area contributed by atoms with Crippen molar-refractivity contribution in [3.63, 3.8) is 0 Å². The summed E-state index contributed by atoms with van der Waals surface area (Å²) in [7, 11) is 0. The number of nitrogens with zero attached hydrogens (tertiary/aromatic N) is 1. The Morgan fingerprint density at radius 2 is 1.75 bits per heavy atom. The lowest BCUT2D eigenvalue weighted by Gasteiger charge is -2.37. The fourth-order valence-corrected chi connectivity index (χ4v) is 3.29. The van der Waals surface area contributed by atoms with Crippen LogP contribution in [0, 0.1) is 5.41 Å². The first kappa shape index (κ1) is 12.4. The minimum absolute atomic E-state index is 0.0602. The highest BCUT2D eigenvalue weighted by molar-refractivity contribution is 4.86. The van der Waals surface area contributed by atoms with Gasteiger partial charge in [0.2, 0.25) is 0 Å². The SMILES string of the molecule is CC1(C)CCCN([C@@H]2CCCC[C@H]2O)CC1. The highest BCUT2D eigenvalue weighted by Crippen LogP contribution is 2.32. The molecule has 2 nitrogen and oxygen atoms in total. The Labute approximate surface area is 100 Å². The van der Waals surface area contributed by atoms with Gasteiger partial charge in [-0.15, -0.1) is 0 Å². The lowest BCUT2D eigenvalue weighted by Crippen LogP contribution is -2.46. The van der Waals surface area contributed by atoms with Crippen LogP contribution in [0.2, 0.25) is 0 Å². The predicted octanol–water partition coefficient (Wildman–Crippen LogP) is 2.80. The first-order valence-corrected chi connectivity index (χ1v) is 7.01. The smallest absolute Gasteiger partial charge is 0.0695 e. The van der Waals surface area contributed by atoms with Crippen LogP contribution in [-0.4, -0.2) is 35.2 Å². The van der Waals surface area contributed by atoms with E-state index in [1.165, 1.54) is 51.6 Å². The van der Waals surface area contributed by atoms with Crippen LogP contribution in [0.1, 0.15) is 58.8 Å². The molecule has 0 unspecified atom stereocenters. The third-order valence-electron chi connectivity index (χ3n) is 4.54. The summed E-state index contributed by atoms with van der Waals surface area (Å²) in [5, 5.41) is 10.1. The molecular formula is C14H27NO. The molecule has 0 amide bonds. The topological polar surface area (TPSA) is 23.5 Å². The van der Waals surface area contributed by atoms with Gasteiger partial charge in [-0.25, -0.2) is 0 Å². The van der Waals surface area contributed by atoms with Gasteiger partial charge < -0.3 is 5.11 Å². The van der Waals surface area contributed by atoms with Gasteiger partial charge in [0.15, 0.2) is 0 Å². The molecule has 0 aromatic heterocycles. The van der Waals surface area contributed by atoms with E-state index in [0.717, 1.165) is 6.42 Å². The third kappa shape index (κ3) is 2.98. The Kier molecular flexibility index (Phi) is 3.91. The number of likely N-dealkylation sites (tertiary alicyclic amines) is 1. The molecule has 2 rings (SSSR count). The zero-order chi connectivity index (χ0) is 11.6. The van der Waals surface area contributed by atoms with E-state index >= 15 is 0 Å². The molecule has 1 saturated heterocycles. The molecule has 94 valence electrons. The average molecular weight is 225 g/mol. The molecule has 0 radical (unpaired) electrons. The van der Waals surface area contributed by atoms with E-state index in [2.05, 4.69) is 18.7 Å². The summed E-state index contributed by atoms with van der Waals surface area (Å²) in [6.45, 7) is 7.15. The third-order valence-corrected chi connectivity index (χ3v) is 4.54. The minimum atomic E-state index is -0.0602. The summed E-state index contributed by atoms with van der Waals surface area (Å²) in [6, 6.07) is 0.461. The lowest BCUT2D eigenvalue weighted by atomic mass is 9.85. The molecule has 0 aromatic rings. The molecule has 0 spiro atoms. The van der Waals surface area contributed by atoms with Gasteiger partial charge in [0, 0.05) is 6.04 Å². The van der Waals surface area contributed by atoms with E-state index in [0.29, 0.717) is 11.5 Å². The summed E-state index contributed by atoms with van der Waals surface area (Å²) in [6.07, 6.45) is 8.62. The summed E-state index contributed by atoms with van der Waals surface area (Å²) >= 11 is 0. The van der Waals surface area contributed by atoms with Crippen LogP contribution in [0.5, 0.6) is 0 Å². The van der Waals surface area contributed by atoms with Crippen LogP contribution < -0.4 is 0 Å². The number of aliphatic hydroxyl groups excluding tert-OH is 1. The van der Waals surface area contributed by atoms with Crippen molar-refractivity contribution in [1.82, 2.24) is 4.90 Å². The van der Waals surface area contributed by atoms with Gasteiger partial charge in [-0.2, -0.15) is 0 Å². The Morgan fingerprint density at radius 1 is 1.00 bits per heavy atom. The van der Waals surface area contributed by atoms with Crippen molar-refractivity contribution in [2.75, 3.05) is 13.1 Å². The molecular weight excluding hydrogens is 198 g/mol. The highest BCUT2D eigenvalue weighted by Gasteiger charge is 2.31. The van der Waals surface area contributed by atoms with E-state index in [9.17, 15) is 5.11 Å². The standard InChI is InChI=1S/C14H27NO/c1-14(2)8-5-10-15(11-9-14)12-6-3-4-7-13(12)16/h12-13,16H,3-11H2,1-2H3/t12-,13-/m1/s1. The molecule has 2 atom stereocenters. The maximum atomic E-state index is 10.1. The van der Waals surface area contributed by atoms with E-state index in [-0.39, 0.29) is 6.10 Å². The summed E-state index contributed by atoms with van der Waals surface area (Å²) in [5.74, 6) is 0. The van der Waals surface area contributed by atoms with Gasteiger partial charge in [0.1, 0.15) is 0 Å². The van der Waals surface area contributed by atoms with Crippen LogP contribution in [0.15, 0.2) is 0 Å². The molecule has 1 aliphatic heterocycles.